The van der Waals surface area contributed by atoms with Gasteiger partial charge < -0.3 is 9.84 Å². The predicted octanol–water partition coefficient (Wildman–Crippen LogP) is 3.67. The van der Waals surface area contributed by atoms with Gasteiger partial charge >= 0.3 is 6.18 Å². The van der Waals surface area contributed by atoms with Gasteiger partial charge in [-0.15, -0.1) is 0 Å². The number of halogens is 4. The zero-order valence-corrected chi connectivity index (χ0v) is 11.1. The smallest absolute Gasteiger partial charge is 0.418 e. The molecule has 96 valence electrons. The molecule has 1 aromatic rings. The van der Waals surface area contributed by atoms with Crippen molar-refractivity contribution in [1.29, 1.82) is 0 Å². The van der Waals surface area contributed by atoms with Crippen LogP contribution in [-0.4, -0.2) is 18.4 Å². The molecule has 0 aliphatic rings. The Bertz CT molecular complexity index is 430. The van der Waals surface area contributed by atoms with Gasteiger partial charge in [0.05, 0.1) is 7.11 Å². The minimum absolute atomic E-state index is 0.0653. The molecule has 0 bridgehead atoms. The van der Waals surface area contributed by atoms with Crippen molar-refractivity contribution in [2.45, 2.75) is 26.1 Å². The Morgan fingerprint density at radius 1 is 1.35 bits per heavy atom. The molecule has 0 fully saturated rings. The van der Waals surface area contributed by atoms with E-state index in [-0.39, 0.29) is 11.3 Å². The summed E-state index contributed by atoms with van der Waals surface area (Å²) < 4.78 is 43.2. The third-order valence-electron chi connectivity index (χ3n) is 2.50. The predicted molar refractivity (Wildman–Crippen MR) is 61.2 cm³/mol. The van der Waals surface area contributed by atoms with Crippen molar-refractivity contribution in [1.82, 2.24) is 0 Å². The highest BCUT2D eigenvalue weighted by atomic mass is 79.9. The van der Waals surface area contributed by atoms with Crippen LogP contribution in [0.3, 0.4) is 0 Å². The summed E-state index contributed by atoms with van der Waals surface area (Å²) >= 11 is 3.16. The lowest BCUT2D eigenvalue weighted by Crippen LogP contribution is -2.22. The van der Waals surface area contributed by atoms with Gasteiger partial charge in [0.1, 0.15) is 5.75 Å². The van der Waals surface area contributed by atoms with Gasteiger partial charge in [0.2, 0.25) is 0 Å². The van der Waals surface area contributed by atoms with E-state index in [1.807, 2.05) is 0 Å². The van der Waals surface area contributed by atoms with E-state index in [4.69, 9.17) is 4.74 Å². The van der Waals surface area contributed by atoms with Crippen LogP contribution in [0.25, 0.3) is 0 Å². The average molecular weight is 313 g/mol. The molecule has 6 heteroatoms. The van der Waals surface area contributed by atoms with Crippen LogP contribution >= 0.6 is 15.9 Å². The lowest BCUT2D eigenvalue weighted by molar-refractivity contribution is -0.207. The van der Waals surface area contributed by atoms with E-state index in [2.05, 4.69) is 15.9 Å². The SMILES string of the molecule is COc1c(C)cc(Br)c(C)c1C(O)C(F)(F)F. The Hall–Kier alpha value is -0.750. The molecule has 1 aromatic carbocycles. The highest BCUT2D eigenvalue weighted by molar-refractivity contribution is 9.10. The van der Waals surface area contributed by atoms with E-state index in [1.165, 1.54) is 14.0 Å². The minimum Gasteiger partial charge on any atom is -0.496 e. The molecular formula is C11H12BrF3O2. The minimum atomic E-state index is -4.72. The molecule has 0 spiro atoms. The van der Waals surface area contributed by atoms with Crippen molar-refractivity contribution in [3.05, 3.63) is 27.2 Å². The molecule has 1 atom stereocenters. The maximum Gasteiger partial charge on any atom is 0.418 e. The van der Waals surface area contributed by atoms with Crippen LogP contribution in [0.4, 0.5) is 13.2 Å². The van der Waals surface area contributed by atoms with Gasteiger partial charge in [-0.2, -0.15) is 13.2 Å². The first kappa shape index (κ1) is 14.3. The molecule has 1 N–H and O–H groups in total. The van der Waals surface area contributed by atoms with Crippen molar-refractivity contribution < 1.29 is 23.0 Å². The van der Waals surface area contributed by atoms with E-state index >= 15 is 0 Å². The van der Waals surface area contributed by atoms with Crippen LogP contribution in [0.2, 0.25) is 0 Å². The molecule has 0 saturated heterocycles. The van der Waals surface area contributed by atoms with E-state index in [0.717, 1.165) is 0 Å². The number of ether oxygens (including phenoxy) is 1. The summed E-state index contributed by atoms with van der Waals surface area (Å²) in [7, 11) is 1.28. The van der Waals surface area contributed by atoms with Crippen LogP contribution in [0, 0.1) is 13.8 Å². The average Bonchev–Trinajstić information content (AvgIpc) is 2.20. The standard InChI is InChI=1S/C11H12BrF3O2/c1-5-4-7(12)6(2)8(9(5)17-3)10(16)11(13,14)15/h4,10,16H,1-3H3. The number of aliphatic hydroxyl groups is 1. The Labute approximate surface area is 106 Å². The van der Waals surface area contributed by atoms with Crippen LogP contribution in [0.1, 0.15) is 22.8 Å². The normalized spacial score (nSPS) is 13.6. The number of hydrogen-bond acceptors (Lipinski definition) is 2. The first-order chi connectivity index (χ1) is 7.70. The Kier molecular flexibility index (Phi) is 4.09. The molecular weight excluding hydrogens is 301 g/mol. The van der Waals surface area contributed by atoms with Crippen molar-refractivity contribution in [2.24, 2.45) is 0 Å². The number of benzene rings is 1. The molecule has 1 unspecified atom stereocenters. The van der Waals surface area contributed by atoms with Crippen molar-refractivity contribution in [3.63, 3.8) is 0 Å². The molecule has 2 nitrogen and oxygen atoms in total. The summed E-state index contributed by atoms with van der Waals surface area (Å²) in [5.74, 6) is 0.0653. The Balaban J connectivity index is 3.50. The molecule has 0 radical (unpaired) electrons. The van der Waals surface area contributed by atoms with Gasteiger partial charge in [0.25, 0.3) is 0 Å². The molecule has 0 amide bonds. The highest BCUT2D eigenvalue weighted by Crippen LogP contribution is 2.42. The lowest BCUT2D eigenvalue weighted by Gasteiger charge is -2.22. The van der Waals surface area contributed by atoms with E-state index in [1.54, 1.807) is 13.0 Å². The zero-order valence-electron chi connectivity index (χ0n) is 9.52. The largest absolute Gasteiger partial charge is 0.496 e. The summed E-state index contributed by atoms with van der Waals surface area (Å²) in [4.78, 5) is 0. The number of aryl methyl sites for hydroxylation is 1. The summed E-state index contributed by atoms with van der Waals surface area (Å²) in [6.07, 6.45) is -7.26. The van der Waals surface area contributed by atoms with Crippen LogP contribution in [0.15, 0.2) is 10.5 Å². The fourth-order valence-electron chi connectivity index (χ4n) is 1.64. The number of alkyl halides is 3. The van der Waals surface area contributed by atoms with Crippen molar-refractivity contribution >= 4 is 15.9 Å². The second-order valence-corrected chi connectivity index (χ2v) is 4.55. The molecule has 0 heterocycles. The first-order valence-corrected chi connectivity index (χ1v) is 5.57. The molecule has 1 rings (SSSR count). The van der Waals surface area contributed by atoms with Gasteiger partial charge in [-0.1, -0.05) is 15.9 Å². The fourth-order valence-corrected chi connectivity index (χ4v) is 2.20. The summed E-state index contributed by atoms with van der Waals surface area (Å²) in [5.41, 5.74) is 0.604. The third kappa shape index (κ3) is 2.74. The Morgan fingerprint density at radius 2 is 1.88 bits per heavy atom. The molecule has 0 aliphatic heterocycles. The number of methoxy groups -OCH3 is 1. The second kappa shape index (κ2) is 4.86. The topological polar surface area (TPSA) is 29.5 Å². The van der Waals surface area contributed by atoms with Gasteiger partial charge in [0, 0.05) is 10.0 Å². The van der Waals surface area contributed by atoms with E-state index in [9.17, 15) is 18.3 Å². The number of hydrogen-bond donors (Lipinski definition) is 1. The van der Waals surface area contributed by atoms with Gasteiger partial charge in [-0.25, -0.2) is 0 Å². The highest BCUT2D eigenvalue weighted by Gasteiger charge is 2.42. The molecule has 0 aromatic heterocycles. The van der Waals surface area contributed by atoms with Crippen LogP contribution in [0.5, 0.6) is 5.75 Å². The lowest BCUT2D eigenvalue weighted by atomic mass is 9.98. The monoisotopic (exact) mass is 312 g/mol. The first-order valence-electron chi connectivity index (χ1n) is 4.78. The van der Waals surface area contributed by atoms with E-state index < -0.39 is 12.3 Å². The van der Waals surface area contributed by atoms with Gasteiger partial charge in [-0.05, 0) is 31.0 Å². The quantitative estimate of drug-likeness (QED) is 0.903. The molecule has 0 aliphatic carbocycles. The third-order valence-corrected chi connectivity index (χ3v) is 3.32. The van der Waals surface area contributed by atoms with Crippen molar-refractivity contribution in [3.8, 4) is 5.75 Å². The van der Waals surface area contributed by atoms with Crippen molar-refractivity contribution in [2.75, 3.05) is 7.11 Å². The zero-order chi connectivity index (χ0) is 13.4. The van der Waals surface area contributed by atoms with Crippen LogP contribution < -0.4 is 4.74 Å². The maximum atomic E-state index is 12.6. The summed E-state index contributed by atoms with van der Waals surface area (Å²) in [6.45, 7) is 3.12. The van der Waals surface area contributed by atoms with Gasteiger partial charge in [0.15, 0.2) is 6.10 Å². The van der Waals surface area contributed by atoms with E-state index in [0.29, 0.717) is 15.6 Å². The summed E-state index contributed by atoms with van der Waals surface area (Å²) in [5, 5.41) is 9.37. The van der Waals surface area contributed by atoms with Gasteiger partial charge in [-0.3, -0.25) is 0 Å². The number of rotatable bonds is 2. The maximum absolute atomic E-state index is 12.6. The molecule has 0 saturated carbocycles. The fraction of sp³-hybridized carbons (Fsp3) is 0.455. The number of aliphatic hydroxyl groups excluding tert-OH is 1. The second-order valence-electron chi connectivity index (χ2n) is 3.69. The van der Waals surface area contributed by atoms with Crippen LogP contribution in [-0.2, 0) is 0 Å². The molecule has 17 heavy (non-hydrogen) atoms. The Morgan fingerprint density at radius 3 is 2.29 bits per heavy atom. The summed E-state index contributed by atoms with van der Waals surface area (Å²) in [6, 6.07) is 1.65.